The fraction of sp³-hybridized carbons (Fsp3) is 0.348. The van der Waals surface area contributed by atoms with Crippen LogP contribution in [0.2, 0.25) is 5.02 Å². The van der Waals surface area contributed by atoms with Crippen LogP contribution in [0.5, 0.6) is 0 Å². The van der Waals surface area contributed by atoms with Gasteiger partial charge in [0.15, 0.2) is 11.0 Å². The number of thioether (sulfide) groups is 1. The molecule has 1 heterocycles. The van der Waals surface area contributed by atoms with E-state index in [-0.39, 0.29) is 17.8 Å². The molecule has 0 aliphatic carbocycles. The van der Waals surface area contributed by atoms with Gasteiger partial charge in [-0.1, -0.05) is 35.5 Å². The Hall–Kier alpha value is -2.42. The Labute approximate surface area is 197 Å². The first kappa shape index (κ1) is 24.2. The number of aromatic nitrogens is 3. The van der Waals surface area contributed by atoms with E-state index in [0.29, 0.717) is 16.7 Å². The summed E-state index contributed by atoms with van der Waals surface area (Å²) in [4.78, 5) is 16.7. The third-order valence-corrected chi connectivity index (χ3v) is 6.49. The number of rotatable bonds is 8. The molecule has 0 spiro atoms. The molecule has 2 aromatic carbocycles. The maximum atomic E-state index is 13.5. The number of carbonyl (C=O) groups is 1. The van der Waals surface area contributed by atoms with Crippen LogP contribution in [0.4, 0.5) is 4.39 Å². The van der Waals surface area contributed by atoms with Crippen molar-refractivity contribution in [3.63, 3.8) is 0 Å². The van der Waals surface area contributed by atoms with Crippen molar-refractivity contribution < 1.29 is 9.18 Å². The van der Waals surface area contributed by atoms with Gasteiger partial charge in [0.2, 0.25) is 5.91 Å². The molecular formula is C23H27ClFN5OS. The molecule has 32 heavy (non-hydrogen) atoms. The highest BCUT2D eigenvalue weighted by molar-refractivity contribution is 8.00. The Kier molecular flexibility index (Phi) is 7.92. The van der Waals surface area contributed by atoms with Crippen molar-refractivity contribution in [1.29, 1.82) is 0 Å². The largest absolute Gasteiger partial charge is 0.340 e. The number of benzene rings is 2. The zero-order valence-corrected chi connectivity index (χ0v) is 20.4. The summed E-state index contributed by atoms with van der Waals surface area (Å²) >= 11 is 7.42. The van der Waals surface area contributed by atoms with Crippen molar-refractivity contribution in [1.82, 2.24) is 24.6 Å². The molecule has 2 atom stereocenters. The van der Waals surface area contributed by atoms with E-state index in [9.17, 15) is 9.18 Å². The van der Waals surface area contributed by atoms with Crippen LogP contribution >= 0.6 is 23.4 Å². The Bertz CT molecular complexity index is 1070. The van der Waals surface area contributed by atoms with Gasteiger partial charge in [0, 0.05) is 24.3 Å². The molecule has 0 saturated carbocycles. The molecule has 1 amide bonds. The monoisotopic (exact) mass is 475 g/mol. The lowest BCUT2D eigenvalue weighted by Gasteiger charge is -2.22. The minimum absolute atomic E-state index is 0.00851. The summed E-state index contributed by atoms with van der Waals surface area (Å²) in [5.41, 5.74) is 1.61. The lowest BCUT2D eigenvalue weighted by atomic mass is 10.2. The highest BCUT2D eigenvalue weighted by atomic mass is 35.5. The third kappa shape index (κ3) is 5.68. The molecule has 6 nitrogen and oxygen atoms in total. The second-order valence-electron chi connectivity index (χ2n) is 7.88. The van der Waals surface area contributed by atoms with E-state index >= 15 is 0 Å². The van der Waals surface area contributed by atoms with Crippen molar-refractivity contribution in [3.8, 4) is 5.69 Å². The van der Waals surface area contributed by atoms with Crippen LogP contribution in [0.3, 0.4) is 0 Å². The zero-order chi connectivity index (χ0) is 23.4. The maximum Gasteiger partial charge on any atom is 0.235 e. The third-order valence-electron chi connectivity index (χ3n) is 5.21. The molecule has 2 unspecified atom stereocenters. The summed E-state index contributed by atoms with van der Waals surface area (Å²) in [5, 5.41) is 9.66. The Morgan fingerprint density at radius 1 is 1.12 bits per heavy atom. The van der Waals surface area contributed by atoms with E-state index in [1.54, 1.807) is 24.1 Å². The molecule has 0 aliphatic rings. The molecule has 0 fully saturated rings. The second kappa shape index (κ2) is 10.5. The van der Waals surface area contributed by atoms with E-state index in [1.807, 2.05) is 61.7 Å². The van der Waals surface area contributed by atoms with Crippen LogP contribution in [0.15, 0.2) is 53.7 Å². The first-order valence-corrected chi connectivity index (χ1v) is 11.5. The first-order valence-electron chi connectivity index (χ1n) is 10.2. The van der Waals surface area contributed by atoms with Gasteiger partial charge in [-0.05, 0) is 69.9 Å². The van der Waals surface area contributed by atoms with Gasteiger partial charge in [-0.25, -0.2) is 4.39 Å². The number of halogens is 2. The quantitative estimate of drug-likeness (QED) is 0.437. The van der Waals surface area contributed by atoms with Crippen molar-refractivity contribution in [2.24, 2.45) is 0 Å². The molecule has 0 aliphatic heterocycles. The Balaban J connectivity index is 1.84. The van der Waals surface area contributed by atoms with Crippen molar-refractivity contribution in [2.45, 2.75) is 36.8 Å². The van der Waals surface area contributed by atoms with E-state index in [1.165, 1.54) is 23.9 Å². The highest BCUT2D eigenvalue weighted by Crippen LogP contribution is 2.30. The molecule has 0 radical (unpaired) electrons. The average Bonchev–Trinajstić information content (AvgIpc) is 3.16. The summed E-state index contributed by atoms with van der Waals surface area (Å²) in [6.45, 7) is 4.21. The topological polar surface area (TPSA) is 54.3 Å². The SMILES string of the molecule is CC(Sc1nnc(C(C)N(C)C)n1-c1ccc(Cl)cc1)C(=O)N(C)Cc1cccc(F)c1. The van der Waals surface area contributed by atoms with Gasteiger partial charge in [-0.15, -0.1) is 10.2 Å². The van der Waals surface area contributed by atoms with Crippen molar-refractivity contribution in [2.75, 3.05) is 21.1 Å². The average molecular weight is 476 g/mol. The molecule has 0 N–H and O–H groups in total. The first-order chi connectivity index (χ1) is 15.2. The van der Waals surface area contributed by atoms with E-state index in [0.717, 1.165) is 17.1 Å². The summed E-state index contributed by atoms with van der Waals surface area (Å²) in [6, 6.07) is 13.7. The summed E-state index contributed by atoms with van der Waals surface area (Å²) in [6.07, 6.45) is 0. The highest BCUT2D eigenvalue weighted by Gasteiger charge is 2.25. The van der Waals surface area contributed by atoms with Crippen molar-refractivity contribution >= 4 is 29.3 Å². The minimum atomic E-state index is -0.411. The van der Waals surface area contributed by atoms with Crippen LogP contribution in [0.25, 0.3) is 5.69 Å². The lowest BCUT2D eigenvalue weighted by Crippen LogP contribution is -2.33. The van der Waals surface area contributed by atoms with E-state index in [2.05, 4.69) is 10.2 Å². The minimum Gasteiger partial charge on any atom is -0.340 e. The second-order valence-corrected chi connectivity index (χ2v) is 9.62. The van der Waals surface area contributed by atoms with Gasteiger partial charge in [-0.3, -0.25) is 14.3 Å². The lowest BCUT2D eigenvalue weighted by molar-refractivity contribution is -0.129. The van der Waals surface area contributed by atoms with Crippen LogP contribution in [-0.4, -0.2) is 56.9 Å². The Morgan fingerprint density at radius 2 is 1.81 bits per heavy atom. The van der Waals surface area contributed by atoms with Gasteiger partial charge in [0.25, 0.3) is 0 Å². The fourth-order valence-electron chi connectivity index (χ4n) is 3.20. The maximum absolute atomic E-state index is 13.5. The normalized spacial score (nSPS) is 13.2. The summed E-state index contributed by atoms with van der Waals surface area (Å²) in [5.74, 6) is 0.379. The standard InChI is InChI=1S/C23H27ClFN5OS/c1-15(28(3)4)21-26-27-23(30(21)20-11-9-18(24)10-12-20)32-16(2)22(31)29(5)14-17-7-6-8-19(25)13-17/h6-13,15-16H,14H2,1-5H3. The smallest absolute Gasteiger partial charge is 0.235 e. The summed E-state index contributed by atoms with van der Waals surface area (Å²) < 4.78 is 15.4. The molecule has 170 valence electrons. The number of amides is 1. The molecule has 9 heteroatoms. The molecule has 1 aromatic heterocycles. The van der Waals surface area contributed by atoms with Gasteiger partial charge in [0.05, 0.1) is 11.3 Å². The number of nitrogens with zero attached hydrogens (tertiary/aromatic N) is 5. The number of hydrogen-bond donors (Lipinski definition) is 0. The van der Waals surface area contributed by atoms with Gasteiger partial charge in [0.1, 0.15) is 5.82 Å². The van der Waals surface area contributed by atoms with E-state index < -0.39 is 5.25 Å². The van der Waals surface area contributed by atoms with Crippen LogP contribution in [-0.2, 0) is 11.3 Å². The van der Waals surface area contributed by atoms with Crippen molar-refractivity contribution in [3.05, 3.63) is 70.8 Å². The van der Waals surface area contributed by atoms with Gasteiger partial charge < -0.3 is 4.90 Å². The Morgan fingerprint density at radius 3 is 2.44 bits per heavy atom. The van der Waals surface area contributed by atoms with E-state index in [4.69, 9.17) is 11.6 Å². The van der Waals surface area contributed by atoms with Gasteiger partial charge >= 0.3 is 0 Å². The zero-order valence-electron chi connectivity index (χ0n) is 18.8. The molecular weight excluding hydrogens is 449 g/mol. The summed E-state index contributed by atoms with van der Waals surface area (Å²) in [7, 11) is 5.67. The fourth-order valence-corrected chi connectivity index (χ4v) is 4.31. The number of carbonyl (C=O) groups excluding carboxylic acids is 1. The molecule has 3 rings (SSSR count). The predicted molar refractivity (Wildman–Crippen MR) is 127 cm³/mol. The molecule has 0 saturated heterocycles. The van der Waals surface area contributed by atoms with Gasteiger partial charge in [-0.2, -0.15) is 0 Å². The molecule has 3 aromatic rings. The molecule has 0 bridgehead atoms. The van der Waals surface area contributed by atoms with Crippen LogP contribution in [0.1, 0.15) is 31.3 Å². The number of hydrogen-bond acceptors (Lipinski definition) is 5. The van der Waals surface area contributed by atoms with Crippen LogP contribution < -0.4 is 0 Å². The van der Waals surface area contributed by atoms with Crippen LogP contribution in [0, 0.1) is 5.82 Å². The predicted octanol–water partition coefficient (Wildman–Crippen LogP) is 4.82.